The molecule has 0 unspecified atom stereocenters. The monoisotopic (exact) mass is 280 g/mol. The second-order valence-electron chi connectivity index (χ2n) is 3.86. The van der Waals surface area contributed by atoms with Crippen molar-refractivity contribution in [3.8, 4) is 5.75 Å². The van der Waals surface area contributed by atoms with Gasteiger partial charge in [-0.2, -0.15) is 0 Å². The fraction of sp³-hybridized carbons (Fsp3) is 0. The van der Waals surface area contributed by atoms with Crippen LogP contribution in [0.15, 0.2) is 36.4 Å². The fourth-order valence-corrected chi connectivity index (χ4v) is 1.58. The van der Waals surface area contributed by atoms with E-state index >= 15 is 0 Å². The summed E-state index contributed by atoms with van der Waals surface area (Å²) in [5, 5.41) is 11.9. The molecule has 2 rings (SSSR count). The predicted molar refractivity (Wildman–Crippen MR) is 71.9 cm³/mol. The molecular formula is C13H10ClFN2O2. The van der Waals surface area contributed by atoms with Crippen molar-refractivity contribution in [3.05, 3.63) is 52.8 Å². The minimum atomic E-state index is -0.625. The lowest BCUT2D eigenvalue weighted by Crippen LogP contribution is -2.12. The molecule has 0 saturated carbocycles. The van der Waals surface area contributed by atoms with Crippen LogP contribution in [0.3, 0.4) is 0 Å². The first-order valence-corrected chi connectivity index (χ1v) is 5.70. The van der Waals surface area contributed by atoms with Gasteiger partial charge < -0.3 is 16.2 Å². The number of anilines is 2. The number of hydrogen-bond acceptors (Lipinski definition) is 3. The Balaban J connectivity index is 2.20. The number of carbonyl (C=O) groups is 1. The molecule has 2 aromatic carbocycles. The van der Waals surface area contributed by atoms with Gasteiger partial charge in [0.15, 0.2) is 0 Å². The van der Waals surface area contributed by atoms with Gasteiger partial charge in [0.05, 0.1) is 10.7 Å². The fourth-order valence-electron chi connectivity index (χ4n) is 1.46. The van der Waals surface area contributed by atoms with E-state index in [-0.39, 0.29) is 27.7 Å². The highest BCUT2D eigenvalue weighted by Gasteiger charge is 2.09. The zero-order chi connectivity index (χ0) is 14.0. The molecule has 2 aromatic rings. The smallest absolute Gasteiger partial charge is 0.255 e. The van der Waals surface area contributed by atoms with Gasteiger partial charge in [-0.05, 0) is 36.4 Å². The van der Waals surface area contributed by atoms with Gasteiger partial charge in [0.2, 0.25) is 0 Å². The molecule has 4 N–H and O–H groups in total. The Labute approximate surface area is 113 Å². The van der Waals surface area contributed by atoms with Gasteiger partial charge in [-0.1, -0.05) is 11.6 Å². The van der Waals surface area contributed by atoms with Gasteiger partial charge in [0, 0.05) is 11.3 Å². The Hall–Kier alpha value is -2.27. The molecule has 0 aliphatic rings. The summed E-state index contributed by atoms with van der Waals surface area (Å²) < 4.78 is 13.2. The number of phenolic OH excluding ortho intramolecular Hbond substituents is 1. The molecule has 6 heteroatoms. The van der Waals surface area contributed by atoms with Gasteiger partial charge in [0.1, 0.15) is 11.6 Å². The van der Waals surface area contributed by atoms with E-state index in [1.165, 1.54) is 30.3 Å². The molecule has 0 fully saturated rings. The first-order valence-electron chi connectivity index (χ1n) is 5.32. The highest BCUT2D eigenvalue weighted by molar-refractivity contribution is 6.30. The Morgan fingerprint density at radius 3 is 2.63 bits per heavy atom. The average Bonchev–Trinajstić information content (AvgIpc) is 2.37. The van der Waals surface area contributed by atoms with Crippen molar-refractivity contribution in [1.29, 1.82) is 0 Å². The van der Waals surface area contributed by atoms with Gasteiger partial charge in [-0.25, -0.2) is 4.39 Å². The molecule has 0 aliphatic carbocycles. The molecule has 1 amide bonds. The zero-order valence-electron chi connectivity index (χ0n) is 9.65. The summed E-state index contributed by atoms with van der Waals surface area (Å²) in [6.07, 6.45) is 0. The molecule has 0 radical (unpaired) electrons. The number of benzene rings is 2. The van der Waals surface area contributed by atoms with Crippen LogP contribution in [0.2, 0.25) is 5.02 Å². The van der Waals surface area contributed by atoms with Crippen molar-refractivity contribution in [2.45, 2.75) is 0 Å². The summed E-state index contributed by atoms with van der Waals surface area (Å²) in [5.74, 6) is -1.30. The number of nitrogens with two attached hydrogens (primary N) is 1. The number of amides is 1. The third-order valence-corrected chi connectivity index (χ3v) is 2.78. The summed E-state index contributed by atoms with van der Waals surface area (Å²) in [6.45, 7) is 0. The number of halogens is 2. The summed E-state index contributed by atoms with van der Waals surface area (Å²) in [6, 6.07) is 8.02. The van der Waals surface area contributed by atoms with E-state index in [0.29, 0.717) is 0 Å². The minimum Gasteiger partial charge on any atom is -0.506 e. The molecule has 0 heterocycles. The molecule has 0 aliphatic heterocycles. The summed E-state index contributed by atoms with van der Waals surface area (Å²) >= 11 is 5.54. The summed E-state index contributed by atoms with van der Waals surface area (Å²) in [4.78, 5) is 11.9. The molecule has 98 valence electrons. The third-order valence-electron chi connectivity index (χ3n) is 2.47. The van der Waals surface area contributed by atoms with Crippen molar-refractivity contribution < 1.29 is 14.3 Å². The van der Waals surface area contributed by atoms with Crippen LogP contribution in [-0.4, -0.2) is 11.0 Å². The number of hydrogen-bond donors (Lipinski definition) is 3. The number of nitrogens with one attached hydrogen (secondary N) is 1. The minimum absolute atomic E-state index is 0.0249. The van der Waals surface area contributed by atoms with Crippen LogP contribution in [0, 0.1) is 5.82 Å². The lowest BCUT2D eigenvalue weighted by Gasteiger charge is -2.07. The number of rotatable bonds is 2. The largest absolute Gasteiger partial charge is 0.506 e. The number of aromatic hydroxyl groups is 1. The number of phenols is 1. The average molecular weight is 281 g/mol. The zero-order valence-corrected chi connectivity index (χ0v) is 10.4. The quantitative estimate of drug-likeness (QED) is 0.585. The molecular weight excluding hydrogens is 271 g/mol. The van der Waals surface area contributed by atoms with Crippen LogP contribution >= 0.6 is 11.6 Å². The Morgan fingerprint density at radius 1 is 1.26 bits per heavy atom. The van der Waals surface area contributed by atoms with Gasteiger partial charge in [-0.3, -0.25) is 4.79 Å². The molecule has 0 spiro atoms. The maximum Gasteiger partial charge on any atom is 0.255 e. The number of carbonyl (C=O) groups excluding carboxylic acids is 1. The molecule has 4 nitrogen and oxygen atoms in total. The van der Waals surface area contributed by atoms with Crippen LogP contribution in [0.5, 0.6) is 5.75 Å². The second kappa shape index (κ2) is 5.16. The Morgan fingerprint density at radius 2 is 2.00 bits per heavy atom. The molecule has 0 aromatic heterocycles. The van der Waals surface area contributed by atoms with Gasteiger partial charge in [0.25, 0.3) is 5.91 Å². The standard InChI is InChI=1S/C13H10ClFN2O2/c14-9-3-2-8(6-10(9)15)17-13(19)7-1-4-11(16)12(18)5-7/h1-6,18H,16H2,(H,17,19). The van der Waals surface area contributed by atoms with E-state index in [1.54, 1.807) is 0 Å². The SMILES string of the molecule is Nc1ccc(C(=O)Nc2ccc(Cl)c(F)c2)cc1O. The van der Waals surface area contributed by atoms with Crippen molar-refractivity contribution in [3.63, 3.8) is 0 Å². The molecule has 0 saturated heterocycles. The van der Waals surface area contributed by atoms with Crippen molar-refractivity contribution in [2.24, 2.45) is 0 Å². The lowest BCUT2D eigenvalue weighted by molar-refractivity contribution is 0.102. The molecule has 0 bridgehead atoms. The maximum absolute atomic E-state index is 13.2. The highest BCUT2D eigenvalue weighted by atomic mass is 35.5. The first kappa shape index (κ1) is 13.2. The summed E-state index contributed by atoms with van der Waals surface area (Å²) in [7, 11) is 0. The van der Waals surface area contributed by atoms with E-state index in [2.05, 4.69) is 5.32 Å². The first-order chi connectivity index (χ1) is 8.97. The summed E-state index contributed by atoms with van der Waals surface area (Å²) in [5.41, 5.74) is 6.08. The Bertz CT molecular complexity index is 647. The molecule has 0 atom stereocenters. The van der Waals surface area contributed by atoms with E-state index in [1.807, 2.05) is 0 Å². The van der Waals surface area contributed by atoms with Crippen LogP contribution in [0.4, 0.5) is 15.8 Å². The van der Waals surface area contributed by atoms with Crippen molar-refractivity contribution in [1.82, 2.24) is 0 Å². The normalized spacial score (nSPS) is 10.2. The van der Waals surface area contributed by atoms with Gasteiger partial charge in [-0.15, -0.1) is 0 Å². The lowest BCUT2D eigenvalue weighted by atomic mass is 10.1. The van der Waals surface area contributed by atoms with Crippen LogP contribution < -0.4 is 11.1 Å². The number of nitrogen functional groups attached to an aromatic ring is 1. The third kappa shape index (κ3) is 2.95. The maximum atomic E-state index is 13.2. The van der Waals surface area contributed by atoms with E-state index in [0.717, 1.165) is 6.07 Å². The van der Waals surface area contributed by atoms with Gasteiger partial charge >= 0.3 is 0 Å². The van der Waals surface area contributed by atoms with Crippen molar-refractivity contribution >= 4 is 28.9 Å². The second-order valence-corrected chi connectivity index (χ2v) is 4.26. The Kier molecular flexibility index (Phi) is 3.57. The van der Waals surface area contributed by atoms with E-state index < -0.39 is 11.7 Å². The topological polar surface area (TPSA) is 75.4 Å². The van der Waals surface area contributed by atoms with E-state index in [4.69, 9.17) is 17.3 Å². The highest BCUT2D eigenvalue weighted by Crippen LogP contribution is 2.22. The van der Waals surface area contributed by atoms with Crippen LogP contribution in [-0.2, 0) is 0 Å². The van der Waals surface area contributed by atoms with E-state index in [9.17, 15) is 14.3 Å². The van der Waals surface area contributed by atoms with Crippen molar-refractivity contribution in [2.75, 3.05) is 11.1 Å². The molecule has 19 heavy (non-hydrogen) atoms. The predicted octanol–water partition coefficient (Wildman–Crippen LogP) is 3.02. The van der Waals surface area contributed by atoms with Crippen LogP contribution in [0.25, 0.3) is 0 Å². The van der Waals surface area contributed by atoms with Crippen LogP contribution in [0.1, 0.15) is 10.4 Å².